The van der Waals surface area contributed by atoms with E-state index in [9.17, 15) is 9.50 Å². The van der Waals surface area contributed by atoms with Crippen LogP contribution in [0.25, 0.3) is 0 Å². The Bertz CT molecular complexity index is 586. The normalized spacial score (nSPS) is 12.2. The molecular formula is C16H18FNO2. The number of benzene rings is 2. The van der Waals surface area contributed by atoms with Crippen LogP contribution in [0.1, 0.15) is 17.0 Å². The Hall–Kier alpha value is -2.07. The zero-order valence-electron chi connectivity index (χ0n) is 11.3. The standard InChI is InChI=1S/C16H18FNO2/c1-20-16-8-11(5-6-15(16)19)7-13(10-18)12-3-2-4-14(17)9-12/h2-6,8-9,13,19H,7,10,18H2,1H3. The highest BCUT2D eigenvalue weighted by Crippen LogP contribution is 2.29. The minimum Gasteiger partial charge on any atom is -0.504 e. The number of phenols is 1. The summed E-state index contributed by atoms with van der Waals surface area (Å²) in [6, 6.07) is 11.7. The number of phenolic OH excluding ortho intramolecular Hbond substituents is 1. The number of ether oxygens (including phenoxy) is 1. The van der Waals surface area contributed by atoms with Gasteiger partial charge in [-0.25, -0.2) is 4.39 Å². The lowest BCUT2D eigenvalue weighted by atomic mass is 9.92. The van der Waals surface area contributed by atoms with Crippen LogP contribution in [0.2, 0.25) is 0 Å². The van der Waals surface area contributed by atoms with Gasteiger partial charge in [-0.1, -0.05) is 18.2 Å². The molecule has 0 aliphatic carbocycles. The summed E-state index contributed by atoms with van der Waals surface area (Å²) >= 11 is 0. The van der Waals surface area contributed by atoms with Gasteiger partial charge in [0.25, 0.3) is 0 Å². The SMILES string of the molecule is COc1cc(CC(CN)c2cccc(F)c2)ccc1O. The average Bonchev–Trinajstić information content (AvgIpc) is 2.46. The second-order valence-electron chi connectivity index (χ2n) is 4.70. The molecule has 0 amide bonds. The van der Waals surface area contributed by atoms with Crippen molar-refractivity contribution in [1.82, 2.24) is 0 Å². The van der Waals surface area contributed by atoms with E-state index in [-0.39, 0.29) is 17.5 Å². The Kier molecular flexibility index (Phi) is 4.58. The quantitative estimate of drug-likeness (QED) is 0.882. The zero-order chi connectivity index (χ0) is 14.5. The summed E-state index contributed by atoms with van der Waals surface area (Å²) in [6.07, 6.45) is 0.663. The second kappa shape index (κ2) is 6.39. The number of hydrogen-bond donors (Lipinski definition) is 2. The van der Waals surface area contributed by atoms with Gasteiger partial charge in [0.15, 0.2) is 11.5 Å². The predicted molar refractivity (Wildman–Crippen MR) is 76.6 cm³/mol. The van der Waals surface area contributed by atoms with E-state index in [0.717, 1.165) is 11.1 Å². The second-order valence-corrected chi connectivity index (χ2v) is 4.70. The van der Waals surface area contributed by atoms with Crippen LogP contribution < -0.4 is 10.5 Å². The Morgan fingerprint density at radius 3 is 2.70 bits per heavy atom. The molecule has 0 aliphatic rings. The molecule has 0 saturated heterocycles. The van der Waals surface area contributed by atoms with Crippen LogP contribution in [0.3, 0.4) is 0 Å². The Morgan fingerprint density at radius 2 is 2.05 bits per heavy atom. The van der Waals surface area contributed by atoms with E-state index < -0.39 is 0 Å². The van der Waals surface area contributed by atoms with Gasteiger partial charge in [0.05, 0.1) is 7.11 Å². The third-order valence-corrected chi connectivity index (χ3v) is 3.33. The van der Waals surface area contributed by atoms with Crippen molar-refractivity contribution < 1.29 is 14.2 Å². The lowest BCUT2D eigenvalue weighted by molar-refractivity contribution is 0.373. The van der Waals surface area contributed by atoms with Gasteiger partial charge < -0.3 is 15.6 Å². The minimum absolute atomic E-state index is 0.0277. The van der Waals surface area contributed by atoms with Crippen LogP contribution in [0.5, 0.6) is 11.5 Å². The molecule has 3 nitrogen and oxygen atoms in total. The van der Waals surface area contributed by atoms with E-state index in [1.54, 1.807) is 18.2 Å². The molecule has 3 N–H and O–H groups in total. The highest BCUT2D eigenvalue weighted by molar-refractivity contribution is 5.42. The molecule has 106 valence electrons. The van der Waals surface area contributed by atoms with Crippen molar-refractivity contribution in [3.8, 4) is 11.5 Å². The summed E-state index contributed by atoms with van der Waals surface area (Å²) in [5.74, 6) is 0.299. The lowest BCUT2D eigenvalue weighted by Crippen LogP contribution is -2.15. The molecule has 4 heteroatoms. The van der Waals surface area contributed by atoms with Gasteiger partial charge in [-0.2, -0.15) is 0 Å². The summed E-state index contributed by atoms with van der Waals surface area (Å²) in [6.45, 7) is 0.423. The summed E-state index contributed by atoms with van der Waals surface area (Å²) in [5, 5.41) is 9.58. The van der Waals surface area contributed by atoms with Crippen molar-refractivity contribution in [3.63, 3.8) is 0 Å². The molecular weight excluding hydrogens is 257 g/mol. The number of rotatable bonds is 5. The van der Waals surface area contributed by atoms with Crippen LogP contribution in [-0.4, -0.2) is 18.8 Å². The Balaban J connectivity index is 2.22. The molecule has 1 unspecified atom stereocenters. The predicted octanol–water partition coefficient (Wildman–Crippen LogP) is 2.82. The number of halogens is 1. The van der Waals surface area contributed by atoms with E-state index in [2.05, 4.69) is 0 Å². The molecule has 0 radical (unpaired) electrons. The lowest BCUT2D eigenvalue weighted by Gasteiger charge is -2.16. The van der Waals surface area contributed by atoms with Crippen molar-refractivity contribution in [1.29, 1.82) is 0 Å². The monoisotopic (exact) mass is 275 g/mol. The first-order chi connectivity index (χ1) is 9.63. The van der Waals surface area contributed by atoms with E-state index in [4.69, 9.17) is 10.5 Å². The van der Waals surface area contributed by atoms with Crippen molar-refractivity contribution in [2.45, 2.75) is 12.3 Å². The number of methoxy groups -OCH3 is 1. The molecule has 0 heterocycles. The maximum Gasteiger partial charge on any atom is 0.160 e. The first-order valence-corrected chi connectivity index (χ1v) is 6.45. The highest BCUT2D eigenvalue weighted by atomic mass is 19.1. The minimum atomic E-state index is -0.260. The number of hydrogen-bond acceptors (Lipinski definition) is 3. The summed E-state index contributed by atoms with van der Waals surface area (Å²) in [7, 11) is 1.51. The molecule has 0 saturated carbocycles. The number of aromatic hydroxyl groups is 1. The van der Waals surface area contributed by atoms with E-state index in [0.29, 0.717) is 18.7 Å². The molecule has 1 atom stereocenters. The molecule has 0 bridgehead atoms. The largest absolute Gasteiger partial charge is 0.504 e. The van der Waals surface area contributed by atoms with Crippen molar-refractivity contribution in [2.75, 3.05) is 13.7 Å². The third kappa shape index (κ3) is 3.27. The molecule has 2 aromatic carbocycles. The van der Waals surface area contributed by atoms with Crippen molar-refractivity contribution >= 4 is 0 Å². The van der Waals surface area contributed by atoms with Gasteiger partial charge in [-0.05, 0) is 48.4 Å². The van der Waals surface area contributed by atoms with Gasteiger partial charge in [-0.3, -0.25) is 0 Å². The van der Waals surface area contributed by atoms with Crippen LogP contribution >= 0.6 is 0 Å². The fourth-order valence-electron chi connectivity index (χ4n) is 2.23. The van der Waals surface area contributed by atoms with E-state index in [1.165, 1.54) is 19.2 Å². The van der Waals surface area contributed by atoms with Crippen LogP contribution in [0, 0.1) is 5.82 Å². The summed E-state index contributed by atoms with van der Waals surface area (Å²) < 4.78 is 18.4. The average molecular weight is 275 g/mol. The summed E-state index contributed by atoms with van der Waals surface area (Å²) in [5.41, 5.74) is 7.66. The topological polar surface area (TPSA) is 55.5 Å². The van der Waals surface area contributed by atoms with Crippen LogP contribution in [0.15, 0.2) is 42.5 Å². The van der Waals surface area contributed by atoms with Gasteiger partial charge in [0.2, 0.25) is 0 Å². The van der Waals surface area contributed by atoms with E-state index >= 15 is 0 Å². The molecule has 2 rings (SSSR count). The van der Waals surface area contributed by atoms with Crippen molar-refractivity contribution in [3.05, 3.63) is 59.4 Å². The zero-order valence-corrected chi connectivity index (χ0v) is 11.3. The van der Waals surface area contributed by atoms with Gasteiger partial charge in [0.1, 0.15) is 5.82 Å². The Morgan fingerprint density at radius 1 is 1.25 bits per heavy atom. The maximum absolute atomic E-state index is 13.3. The van der Waals surface area contributed by atoms with Gasteiger partial charge in [-0.15, -0.1) is 0 Å². The first kappa shape index (κ1) is 14.3. The molecule has 0 fully saturated rings. The smallest absolute Gasteiger partial charge is 0.160 e. The Labute approximate surface area is 117 Å². The molecule has 0 spiro atoms. The van der Waals surface area contributed by atoms with E-state index in [1.807, 2.05) is 12.1 Å². The van der Waals surface area contributed by atoms with Crippen molar-refractivity contribution in [2.24, 2.45) is 5.73 Å². The fraction of sp³-hybridized carbons (Fsp3) is 0.250. The molecule has 2 aromatic rings. The number of nitrogens with two attached hydrogens (primary N) is 1. The first-order valence-electron chi connectivity index (χ1n) is 6.45. The van der Waals surface area contributed by atoms with Gasteiger partial charge in [0, 0.05) is 5.92 Å². The fourth-order valence-corrected chi connectivity index (χ4v) is 2.23. The maximum atomic E-state index is 13.3. The molecule has 0 aromatic heterocycles. The molecule has 0 aliphatic heterocycles. The van der Waals surface area contributed by atoms with Crippen LogP contribution in [0.4, 0.5) is 4.39 Å². The van der Waals surface area contributed by atoms with Crippen LogP contribution in [-0.2, 0) is 6.42 Å². The van der Waals surface area contributed by atoms with Gasteiger partial charge >= 0.3 is 0 Å². The summed E-state index contributed by atoms with van der Waals surface area (Å²) in [4.78, 5) is 0. The molecule has 20 heavy (non-hydrogen) atoms. The highest BCUT2D eigenvalue weighted by Gasteiger charge is 2.13. The third-order valence-electron chi connectivity index (χ3n) is 3.33.